The minimum absolute atomic E-state index is 0.0791. The minimum atomic E-state index is -0.101. The summed E-state index contributed by atoms with van der Waals surface area (Å²) in [6.45, 7) is 8.87. The minimum Gasteiger partial charge on any atom is -0.356 e. The van der Waals surface area contributed by atoms with Crippen molar-refractivity contribution in [1.82, 2.24) is 20.3 Å². The molecule has 2 heterocycles. The quantitative estimate of drug-likeness (QED) is 0.782. The second-order valence-electron chi connectivity index (χ2n) is 5.99. The van der Waals surface area contributed by atoms with Gasteiger partial charge in [0.25, 0.3) is 0 Å². The summed E-state index contributed by atoms with van der Waals surface area (Å²) in [4.78, 5) is 12.4. The van der Waals surface area contributed by atoms with Crippen LogP contribution in [0.5, 0.6) is 0 Å². The number of hydrogen-bond donors (Lipinski definition) is 1. The van der Waals surface area contributed by atoms with E-state index in [0.29, 0.717) is 11.3 Å². The number of nitrogens with zero attached hydrogens (tertiary/aromatic N) is 3. The zero-order valence-electron chi connectivity index (χ0n) is 14.5. The molecule has 0 saturated carbocycles. The highest BCUT2D eigenvalue weighted by Gasteiger charge is 2.20. The number of carbonyl (C=O) groups excluding carboxylic acids is 1. The van der Waals surface area contributed by atoms with Crippen LogP contribution in [0.1, 0.15) is 42.5 Å². The van der Waals surface area contributed by atoms with Crippen molar-refractivity contribution in [1.29, 1.82) is 0 Å². The molecule has 0 aliphatic rings. The lowest BCUT2D eigenvalue weighted by molar-refractivity contribution is -0.121. The first-order valence-electron chi connectivity index (χ1n) is 8.17. The molecule has 0 saturated heterocycles. The van der Waals surface area contributed by atoms with Crippen molar-refractivity contribution < 1.29 is 9.32 Å². The SMILES string of the molecule is CCn1nc(C)c([C@@H](C)NC(=O)Cc2noc3ccccc23)c1C. The Labute approximate surface area is 140 Å². The average Bonchev–Trinajstić information content (AvgIpc) is 3.08. The van der Waals surface area contributed by atoms with Gasteiger partial charge in [-0.05, 0) is 39.8 Å². The van der Waals surface area contributed by atoms with Gasteiger partial charge in [-0.15, -0.1) is 0 Å². The van der Waals surface area contributed by atoms with E-state index >= 15 is 0 Å². The van der Waals surface area contributed by atoms with Gasteiger partial charge in [-0.25, -0.2) is 0 Å². The van der Waals surface area contributed by atoms with Gasteiger partial charge in [0.15, 0.2) is 5.58 Å². The summed E-state index contributed by atoms with van der Waals surface area (Å²) in [6, 6.07) is 7.46. The molecule has 0 aliphatic heterocycles. The predicted octanol–water partition coefficient (Wildman–Crippen LogP) is 3.08. The zero-order chi connectivity index (χ0) is 17.3. The number of rotatable bonds is 5. The van der Waals surface area contributed by atoms with E-state index in [4.69, 9.17) is 4.52 Å². The Bertz CT molecular complexity index is 878. The van der Waals surface area contributed by atoms with E-state index in [1.54, 1.807) is 0 Å². The van der Waals surface area contributed by atoms with E-state index in [9.17, 15) is 4.79 Å². The van der Waals surface area contributed by atoms with Crippen molar-refractivity contribution in [2.75, 3.05) is 0 Å². The van der Waals surface area contributed by atoms with Crippen molar-refractivity contribution >= 4 is 16.9 Å². The van der Waals surface area contributed by atoms with Crippen LogP contribution in [-0.2, 0) is 17.8 Å². The fourth-order valence-corrected chi connectivity index (χ4v) is 3.23. The van der Waals surface area contributed by atoms with Crippen LogP contribution >= 0.6 is 0 Å². The first kappa shape index (κ1) is 16.2. The van der Waals surface area contributed by atoms with Crippen molar-refractivity contribution in [2.24, 2.45) is 0 Å². The van der Waals surface area contributed by atoms with E-state index < -0.39 is 0 Å². The number of para-hydroxylation sites is 1. The third-order valence-corrected chi connectivity index (χ3v) is 4.33. The second-order valence-corrected chi connectivity index (χ2v) is 5.99. The normalized spacial score (nSPS) is 12.5. The Morgan fingerprint density at radius 2 is 2.08 bits per heavy atom. The van der Waals surface area contributed by atoms with Crippen LogP contribution in [0.2, 0.25) is 0 Å². The van der Waals surface area contributed by atoms with Crippen LogP contribution in [0.15, 0.2) is 28.8 Å². The van der Waals surface area contributed by atoms with Crippen LogP contribution in [0.25, 0.3) is 11.0 Å². The number of fused-ring (bicyclic) bond motifs is 1. The highest BCUT2D eigenvalue weighted by atomic mass is 16.5. The van der Waals surface area contributed by atoms with Gasteiger partial charge in [-0.2, -0.15) is 5.10 Å². The highest BCUT2D eigenvalue weighted by molar-refractivity contribution is 5.86. The molecule has 0 unspecified atom stereocenters. The molecular formula is C18H22N4O2. The zero-order valence-corrected chi connectivity index (χ0v) is 14.5. The molecule has 1 atom stereocenters. The molecule has 0 fully saturated rings. The third-order valence-electron chi connectivity index (χ3n) is 4.33. The first-order valence-corrected chi connectivity index (χ1v) is 8.17. The number of aryl methyl sites for hydroxylation is 2. The summed E-state index contributed by atoms with van der Waals surface area (Å²) in [7, 11) is 0. The average molecular weight is 326 g/mol. The van der Waals surface area contributed by atoms with Crippen LogP contribution in [-0.4, -0.2) is 20.8 Å². The van der Waals surface area contributed by atoms with Gasteiger partial charge in [0, 0.05) is 23.2 Å². The highest BCUT2D eigenvalue weighted by Crippen LogP contribution is 2.22. The number of nitrogens with one attached hydrogen (secondary N) is 1. The summed E-state index contributed by atoms with van der Waals surface area (Å²) >= 11 is 0. The molecule has 0 bridgehead atoms. The molecule has 1 aromatic carbocycles. The Balaban J connectivity index is 1.74. The molecule has 1 amide bonds. The van der Waals surface area contributed by atoms with Crippen LogP contribution in [0.3, 0.4) is 0 Å². The van der Waals surface area contributed by atoms with Gasteiger partial charge >= 0.3 is 0 Å². The van der Waals surface area contributed by atoms with Crippen molar-refractivity contribution in [3.8, 4) is 0 Å². The van der Waals surface area contributed by atoms with E-state index in [1.807, 2.05) is 49.7 Å². The number of benzene rings is 1. The Hall–Kier alpha value is -2.63. The summed E-state index contributed by atoms with van der Waals surface area (Å²) in [5.74, 6) is -0.0791. The smallest absolute Gasteiger partial charge is 0.226 e. The molecule has 6 nitrogen and oxygen atoms in total. The summed E-state index contributed by atoms with van der Waals surface area (Å²) in [5, 5.41) is 12.5. The molecule has 0 aliphatic carbocycles. The van der Waals surface area contributed by atoms with Gasteiger partial charge in [0.1, 0.15) is 5.69 Å². The van der Waals surface area contributed by atoms with Crippen LogP contribution in [0, 0.1) is 13.8 Å². The standard InChI is InChI=1S/C18H22N4O2/c1-5-22-13(4)18(12(3)20-22)11(2)19-17(23)10-15-14-8-6-7-9-16(14)24-21-15/h6-9,11H,5,10H2,1-4H3,(H,19,23)/t11-/m1/s1. The largest absolute Gasteiger partial charge is 0.356 e. The fraction of sp³-hybridized carbons (Fsp3) is 0.389. The number of aromatic nitrogens is 3. The number of hydrogen-bond acceptors (Lipinski definition) is 4. The van der Waals surface area contributed by atoms with E-state index in [0.717, 1.165) is 28.9 Å². The van der Waals surface area contributed by atoms with E-state index in [2.05, 4.69) is 22.5 Å². The molecule has 3 aromatic rings. The molecule has 126 valence electrons. The predicted molar refractivity (Wildman–Crippen MR) is 91.6 cm³/mol. The molecule has 2 aromatic heterocycles. The molecule has 0 spiro atoms. The Kier molecular flexibility index (Phi) is 4.38. The summed E-state index contributed by atoms with van der Waals surface area (Å²) in [6.07, 6.45) is 0.196. The molecule has 0 radical (unpaired) electrons. The fourth-order valence-electron chi connectivity index (χ4n) is 3.23. The van der Waals surface area contributed by atoms with Crippen LogP contribution in [0.4, 0.5) is 0 Å². The summed E-state index contributed by atoms with van der Waals surface area (Å²) in [5.41, 5.74) is 4.48. The maximum atomic E-state index is 12.4. The Morgan fingerprint density at radius 3 is 2.79 bits per heavy atom. The maximum Gasteiger partial charge on any atom is 0.226 e. The van der Waals surface area contributed by atoms with Crippen molar-refractivity contribution in [3.63, 3.8) is 0 Å². The Morgan fingerprint density at radius 1 is 1.33 bits per heavy atom. The summed E-state index contributed by atoms with van der Waals surface area (Å²) < 4.78 is 7.21. The topological polar surface area (TPSA) is 73.0 Å². The molecular weight excluding hydrogens is 304 g/mol. The lowest BCUT2D eigenvalue weighted by atomic mass is 10.1. The molecule has 24 heavy (non-hydrogen) atoms. The first-order chi connectivity index (χ1) is 11.5. The van der Waals surface area contributed by atoms with Gasteiger partial charge < -0.3 is 9.84 Å². The van der Waals surface area contributed by atoms with Gasteiger partial charge in [0.05, 0.1) is 18.2 Å². The maximum absolute atomic E-state index is 12.4. The van der Waals surface area contributed by atoms with Gasteiger partial charge in [0.2, 0.25) is 5.91 Å². The lowest BCUT2D eigenvalue weighted by Gasteiger charge is -2.14. The van der Waals surface area contributed by atoms with Crippen molar-refractivity contribution in [3.05, 3.63) is 46.9 Å². The molecule has 6 heteroatoms. The van der Waals surface area contributed by atoms with Crippen LogP contribution < -0.4 is 5.32 Å². The van der Waals surface area contributed by atoms with Gasteiger partial charge in [-0.3, -0.25) is 9.48 Å². The van der Waals surface area contributed by atoms with E-state index in [-0.39, 0.29) is 18.4 Å². The van der Waals surface area contributed by atoms with Gasteiger partial charge in [-0.1, -0.05) is 17.3 Å². The monoisotopic (exact) mass is 326 g/mol. The van der Waals surface area contributed by atoms with E-state index in [1.165, 1.54) is 0 Å². The number of carbonyl (C=O) groups is 1. The second kappa shape index (κ2) is 6.47. The number of amides is 1. The lowest BCUT2D eigenvalue weighted by Crippen LogP contribution is -2.29. The van der Waals surface area contributed by atoms with Crippen molar-refractivity contribution in [2.45, 2.75) is 46.7 Å². The molecule has 1 N–H and O–H groups in total. The molecule has 3 rings (SSSR count). The third kappa shape index (κ3) is 2.91.